The molecule has 1 amide bonds. The van der Waals surface area contributed by atoms with Crippen molar-refractivity contribution in [1.29, 1.82) is 0 Å². The minimum absolute atomic E-state index is 0.00700. The molecule has 1 saturated heterocycles. The average Bonchev–Trinajstić information content (AvgIpc) is 2.59. The summed E-state index contributed by atoms with van der Waals surface area (Å²) in [6, 6.07) is 0. The number of amides is 1. The molecule has 0 bridgehead atoms. The van der Waals surface area contributed by atoms with Gasteiger partial charge in [0.15, 0.2) is 10.3 Å². The number of alkyl halides is 1. The smallest absolute Gasteiger partial charge is 0.227 e. The largest absolute Gasteiger partial charge is 0.368 e. The molecule has 0 saturated carbocycles. The number of hydrogen-bond acceptors (Lipinski definition) is 4. The van der Waals surface area contributed by atoms with Crippen molar-refractivity contribution in [3.8, 4) is 0 Å². The molecule has 8 heteroatoms. The van der Waals surface area contributed by atoms with Crippen molar-refractivity contribution in [2.75, 3.05) is 22.5 Å². The number of nitrogen functional groups attached to an aromatic ring is 1. The molecule has 1 aliphatic rings. The van der Waals surface area contributed by atoms with Gasteiger partial charge in [-0.3, -0.25) is 4.79 Å². The second-order valence-electron chi connectivity index (χ2n) is 3.74. The van der Waals surface area contributed by atoms with E-state index in [0.29, 0.717) is 18.7 Å². The lowest BCUT2D eigenvalue weighted by Crippen LogP contribution is -2.26. The first kappa shape index (κ1) is 12.9. The molecule has 0 spiro atoms. The van der Waals surface area contributed by atoms with Crippen LogP contribution >= 0.6 is 39.1 Å². The molecule has 0 aromatic carbocycles. The fourth-order valence-corrected chi connectivity index (χ4v) is 2.78. The van der Waals surface area contributed by atoms with Crippen LogP contribution in [0.5, 0.6) is 0 Å². The Morgan fingerprint density at radius 2 is 2.00 bits per heavy atom. The van der Waals surface area contributed by atoms with Crippen molar-refractivity contribution in [3.63, 3.8) is 0 Å². The molecule has 5 nitrogen and oxygen atoms in total. The van der Waals surface area contributed by atoms with Gasteiger partial charge in [0.2, 0.25) is 11.9 Å². The van der Waals surface area contributed by atoms with E-state index in [0.717, 1.165) is 5.33 Å². The molecule has 0 aliphatic carbocycles. The standard InChI is InChI=1S/C9H9BrCl2N4O/c10-2-4-1-5(17)16(3-4)6-7(11)14-9(13)15-8(6)12/h4H,1-3H2,(H2,13,14,15). The molecule has 1 fully saturated rings. The molecule has 17 heavy (non-hydrogen) atoms. The Hall–Kier alpha value is -0.590. The zero-order valence-electron chi connectivity index (χ0n) is 8.66. The lowest BCUT2D eigenvalue weighted by molar-refractivity contribution is -0.117. The minimum atomic E-state index is -0.0355. The third-order valence-corrected chi connectivity index (χ3v) is 3.95. The Morgan fingerprint density at radius 1 is 1.41 bits per heavy atom. The molecule has 92 valence electrons. The maximum absolute atomic E-state index is 11.8. The molecule has 1 aliphatic heterocycles. The molecule has 0 radical (unpaired) electrons. The van der Waals surface area contributed by atoms with E-state index in [1.807, 2.05) is 0 Å². The minimum Gasteiger partial charge on any atom is -0.368 e. The Bertz CT molecular complexity index is 447. The van der Waals surface area contributed by atoms with Crippen LogP contribution < -0.4 is 10.6 Å². The SMILES string of the molecule is Nc1nc(Cl)c(N2CC(CBr)CC2=O)c(Cl)n1. The van der Waals surface area contributed by atoms with Gasteiger partial charge in [-0.2, -0.15) is 9.97 Å². The number of halogens is 3. The third kappa shape index (κ3) is 2.48. The van der Waals surface area contributed by atoms with Crippen molar-refractivity contribution < 1.29 is 4.79 Å². The highest BCUT2D eigenvalue weighted by Gasteiger charge is 2.33. The van der Waals surface area contributed by atoms with Gasteiger partial charge in [0.1, 0.15) is 5.69 Å². The zero-order valence-corrected chi connectivity index (χ0v) is 11.8. The number of rotatable bonds is 2. The van der Waals surface area contributed by atoms with Crippen molar-refractivity contribution in [2.45, 2.75) is 6.42 Å². The van der Waals surface area contributed by atoms with Crippen LogP contribution in [0.1, 0.15) is 6.42 Å². The Kier molecular flexibility index (Phi) is 3.75. The van der Waals surface area contributed by atoms with E-state index in [1.165, 1.54) is 4.90 Å². The van der Waals surface area contributed by atoms with Gasteiger partial charge in [-0.25, -0.2) is 0 Å². The van der Waals surface area contributed by atoms with E-state index in [2.05, 4.69) is 25.9 Å². The predicted molar refractivity (Wildman–Crippen MR) is 70.7 cm³/mol. The third-order valence-electron chi connectivity index (χ3n) is 2.51. The van der Waals surface area contributed by atoms with Gasteiger partial charge < -0.3 is 10.6 Å². The van der Waals surface area contributed by atoms with Crippen LogP contribution in [0.2, 0.25) is 10.3 Å². The molecular weight excluding hydrogens is 331 g/mol. The summed E-state index contributed by atoms with van der Waals surface area (Å²) in [7, 11) is 0. The van der Waals surface area contributed by atoms with Gasteiger partial charge >= 0.3 is 0 Å². The van der Waals surface area contributed by atoms with Gasteiger partial charge in [-0.15, -0.1) is 0 Å². The van der Waals surface area contributed by atoms with E-state index >= 15 is 0 Å². The summed E-state index contributed by atoms with van der Waals surface area (Å²) in [6.07, 6.45) is 0.461. The van der Waals surface area contributed by atoms with Crippen LogP contribution in [0.4, 0.5) is 11.6 Å². The number of carbonyl (C=O) groups excluding carboxylic acids is 1. The number of nitrogens with two attached hydrogens (primary N) is 1. The van der Waals surface area contributed by atoms with Crippen molar-refractivity contribution in [2.24, 2.45) is 5.92 Å². The number of carbonyl (C=O) groups is 1. The van der Waals surface area contributed by atoms with Crippen molar-refractivity contribution in [1.82, 2.24) is 9.97 Å². The van der Waals surface area contributed by atoms with Crippen LogP contribution in [0.3, 0.4) is 0 Å². The zero-order chi connectivity index (χ0) is 12.6. The summed E-state index contributed by atoms with van der Waals surface area (Å²) < 4.78 is 0. The summed E-state index contributed by atoms with van der Waals surface area (Å²) in [4.78, 5) is 21.0. The van der Waals surface area contributed by atoms with Crippen LogP contribution in [0, 0.1) is 5.92 Å². The number of hydrogen-bond donors (Lipinski definition) is 1. The van der Waals surface area contributed by atoms with Gasteiger partial charge in [0.25, 0.3) is 0 Å². The quantitative estimate of drug-likeness (QED) is 0.661. The van der Waals surface area contributed by atoms with Crippen molar-refractivity contribution >= 4 is 56.7 Å². The number of nitrogens with zero attached hydrogens (tertiary/aromatic N) is 3. The molecule has 2 heterocycles. The molecule has 1 aromatic heterocycles. The molecule has 2 N–H and O–H groups in total. The number of anilines is 2. The van der Waals surface area contributed by atoms with E-state index in [9.17, 15) is 4.79 Å². The molecule has 1 aromatic rings. The van der Waals surface area contributed by atoms with Gasteiger partial charge in [0, 0.05) is 18.3 Å². The second kappa shape index (κ2) is 4.96. The molecular formula is C9H9BrCl2N4O. The van der Waals surface area contributed by atoms with Crippen LogP contribution in [0.25, 0.3) is 0 Å². The molecule has 1 unspecified atom stereocenters. The fourth-order valence-electron chi connectivity index (χ4n) is 1.74. The predicted octanol–water partition coefficient (Wildman–Crippen LogP) is 2.11. The highest BCUT2D eigenvalue weighted by atomic mass is 79.9. The van der Waals surface area contributed by atoms with Crippen LogP contribution in [-0.4, -0.2) is 27.7 Å². The Labute approximate surface area is 116 Å². The maximum atomic E-state index is 11.8. The van der Waals surface area contributed by atoms with E-state index < -0.39 is 0 Å². The van der Waals surface area contributed by atoms with Crippen LogP contribution in [0.15, 0.2) is 0 Å². The summed E-state index contributed by atoms with van der Waals surface area (Å²) >= 11 is 15.3. The Balaban J connectivity index is 2.38. The highest BCUT2D eigenvalue weighted by molar-refractivity contribution is 9.09. The average molecular weight is 340 g/mol. The Morgan fingerprint density at radius 3 is 2.47 bits per heavy atom. The van der Waals surface area contributed by atoms with E-state index in [4.69, 9.17) is 28.9 Å². The molecule has 2 rings (SSSR count). The number of aromatic nitrogens is 2. The molecule has 1 atom stereocenters. The summed E-state index contributed by atoms with van der Waals surface area (Å²) in [5.41, 5.74) is 5.76. The van der Waals surface area contributed by atoms with E-state index in [-0.39, 0.29) is 28.1 Å². The van der Waals surface area contributed by atoms with Crippen molar-refractivity contribution in [3.05, 3.63) is 10.3 Å². The normalized spacial score (nSPS) is 20.1. The highest BCUT2D eigenvalue weighted by Crippen LogP contribution is 2.35. The second-order valence-corrected chi connectivity index (χ2v) is 5.10. The van der Waals surface area contributed by atoms with Gasteiger partial charge in [0.05, 0.1) is 0 Å². The summed E-state index contributed by atoms with van der Waals surface area (Å²) in [5, 5.41) is 0.956. The van der Waals surface area contributed by atoms with Crippen LogP contribution in [-0.2, 0) is 4.79 Å². The topological polar surface area (TPSA) is 72.1 Å². The summed E-state index contributed by atoms with van der Waals surface area (Å²) in [5.74, 6) is 0.200. The first-order valence-corrected chi connectivity index (χ1v) is 6.75. The van der Waals surface area contributed by atoms with E-state index in [1.54, 1.807) is 0 Å². The lowest BCUT2D eigenvalue weighted by atomic mass is 10.2. The van der Waals surface area contributed by atoms with Gasteiger partial charge in [-0.1, -0.05) is 39.1 Å². The monoisotopic (exact) mass is 338 g/mol. The summed E-state index contributed by atoms with van der Waals surface area (Å²) in [6.45, 7) is 0.552. The maximum Gasteiger partial charge on any atom is 0.227 e. The fraction of sp³-hybridized carbons (Fsp3) is 0.444. The first-order chi connectivity index (χ1) is 8.02. The first-order valence-electron chi connectivity index (χ1n) is 4.87. The lowest BCUT2D eigenvalue weighted by Gasteiger charge is -2.18. The van der Waals surface area contributed by atoms with Gasteiger partial charge in [-0.05, 0) is 5.92 Å².